The van der Waals surface area contributed by atoms with Crippen LogP contribution in [0, 0.1) is 18.8 Å². The van der Waals surface area contributed by atoms with Gasteiger partial charge in [-0.05, 0) is 48.4 Å². The molecule has 0 fully saturated rings. The van der Waals surface area contributed by atoms with Crippen LogP contribution in [0.3, 0.4) is 0 Å². The highest BCUT2D eigenvalue weighted by Gasteiger charge is 2.16. The molecule has 1 aromatic rings. The Hall–Kier alpha value is -0.730. The van der Waals surface area contributed by atoms with Gasteiger partial charge in [-0.2, -0.15) is 0 Å². The lowest BCUT2D eigenvalue weighted by Gasteiger charge is -2.20. The van der Waals surface area contributed by atoms with Gasteiger partial charge in [-0.1, -0.05) is 25.4 Å². The first-order valence-electron chi connectivity index (χ1n) is 5.93. The van der Waals surface area contributed by atoms with Crippen LogP contribution in [0.2, 0.25) is 5.02 Å². The van der Waals surface area contributed by atoms with Crippen molar-refractivity contribution in [3.63, 3.8) is 0 Å². The van der Waals surface area contributed by atoms with Crippen LogP contribution in [0.4, 0.5) is 0 Å². The van der Waals surface area contributed by atoms with E-state index in [4.69, 9.17) is 16.3 Å². The molecule has 1 atom stereocenters. The van der Waals surface area contributed by atoms with E-state index in [1.165, 1.54) is 0 Å². The van der Waals surface area contributed by atoms with Crippen molar-refractivity contribution in [2.45, 2.75) is 27.2 Å². The fraction of sp³-hybridized carbons (Fsp3) is 0.571. The number of rotatable bonds is 5. The van der Waals surface area contributed by atoms with E-state index in [0.717, 1.165) is 28.3 Å². The monoisotopic (exact) mass is 256 g/mol. The number of hydrogen-bond acceptors (Lipinski definition) is 2. The zero-order valence-corrected chi connectivity index (χ0v) is 11.7. The topological polar surface area (TPSA) is 29.5 Å². The lowest BCUT2D eigenvalue weighted by atomic mass is 9.89. The second-order valence-electron chi connectivity index (χ2n) is 4.80. The second kappa shape index (κ2) is 6.27. The molecule has 0 aliphatic carbocycles. The van der Waals surface area contributed by atoms with E-state index in [1.807, 2.05) is 19.1 Å². The highest BCUT2D eigenvalue weighted by molar-refractivity contribution is 6.31. The number of aryl methyl sites for hydroxylation is 1. The van der Waals surface area contributed by atoms with E-state index in [0.29, 0.717) is 5.92 Å². The molecule has 0 aromatic heterocycles. The molecule has 0 heterocycles. The van der Waals surface area contributed by atoms with Crippen molar-refractivity contribution in [1.29, 1.82) is 0 Å². The third-order valence-electron chi connectivity index (χ3n) is 3.22. The first-order chi connectivity index (χ1) is 7.99. The average molecular weight is 257 g/mol. The summed E-state index contributed by atoms with van der Waals surface area (Å²) in [6.07, 6.45) is 0.789. The molecule has 0 saturated heterocycles. The Morgan fingerprint density at radius 3 is 2.47 bits per heavy atom. The fourth-order valence-corrected chi connectivity index (χ4v) is 2.03. The van der Waals surface area contributed by atoms with Crippen LogP contribution in [0.1, 0.15) is 25.0 Å². The minimum atomic E-state index is 0.187. The Balaban J connectivity index is 3.00. The van der Waals surface area contributed by atoms with Crippen molar-refractivity contribution in [3.8, 4) is 5.75 Å². The summed E-state index contributed by atoms with van der Waals surface area (Å²) in [5.74, 6) is 1.53. The average Bonchev–Trinajstić information content (AvgIpc) is 2.29. The third kappa shape index (κ3) is 3.62. The van der Waals surface area contributed by atoms with Gasteiger partial charge in [0, 0.05) is 11.6 Å². The fourth-order valence-electron chi connectivity index (χ4n) is 1.84. The molecule has 0 aliphatic heterocycles. The van der Waals surface area contributed by atoms with Crippen LogP contribution >= 0.6 is 11.6 Å². The van der Waals surface area contributed by atoms with E-state index < -0.39 is 0 Å². The van der Waals surface area contributed by atoms with E-state index >= 15 is 0 Å². The first kappa shape index (κ1) is 14.3. The lowest BCUT2D eigenvalue weighted by molar-refractivity contribution is 0.188. The van der Waals surface area contributed by atoms with Gasteiger partial charge in [0.25, 0.3) is 0 Å². The van der Waals surface area contributed by atoms with Gasteiger partial charge in [0.1, 0.15) is 5.75 Å². The van der Waals surface area contributed by atoms with Crippen molar-refractivity contribution in [1.82, 2.24) is 0 Å². The number of benzene rings is 1. The van der Waals surface area contributed by atoms with Crippen molar-refractivity contribution in [2.75, 3.05) is 13.7 Å². The highest BCUT2D eigenvalue weighted by atomic mass is 35.5. The molecule has 1 unspecified atom stereocenters. The molecule has 17 heavy (non-hydrogen) atoms. The van der Waals surface area contributed by atoms with Gasteiger partial charge in [-0.3, -0.25) is 0 Å². The van der Waals surface area contributed by atoms with Gasteiger partial charge in [0.15, 0.2) is 0 Å². The van der Waals surface area contributed by atoms with Gasteiger partial charge >= 0.3 is 0 Å². The minimum absolute atomic E-state index is 0.187. The molecule has 0 aliphatic rings. The molecule has 0 spiro atoms. The van der Waals surface area contributed by atoms with Crippen LogP contribution < -0.4 is 4.74 Å². The number of ether oxygens (including phenoxy) is 1. The summed E-state index contributed by atoms with van der Waals surface area (Å²) >= 11 is 6.13. The Labute approximate surface area is 109 Å². The predicted molar refractivity (Wildman–Crippen MR) is 71.9 cm³/mol. The normalized spacial score (nSPS) is 12.9. The summed E-state index contributed by atoms with van der Waals surface area (Å²) in [6, 6.07) is 3.90. The van der Waals surface area contributed by atoms with Crippen LogP contribution in [0.5, 0.6) is 5.75 Å². The number of aliphatic hydroxyl groups is 1. The number of halogens is 1. The molecule has 0 amide bonds. The molecule has 0 radical (unpaired) electrons. The molecule has 1 N–H and O–H groups in total. The molecule has 2 nitrogen and oxygen atoms in total. The van der Waals surface area contributed by atoms with E-state index in [9.17, 15) is 5.11 Å². The summed E-state index contributed by atoms with van der Waals surface area (Å²) in [5, 5.41) is 10.1. The SMILES string of the molecule is COc1cc(C)c(Cl)cc1CC(CO)C(C)C. The van der Waals surface area contributed by atoms with E-state index in [2.05, 4.69) is 13.8 Å². The van der Waals surface area contributed by atoms with Crippen LogP contribution in [-0.4, -0.2) is 18.8 Å². The molecule has 1 aromatic carbocycles. The largest absolute Gasteiger partial charge is 0.496 e. The predicted octanol–water partition coefficient (Wildman–Crippen LogP) is 3.46. The van der Waals surface area contributed by atoms with Gasteiger partial charge in [0.05, 0.1) is 7.11 Å². The zero-order valence-electron chi connectivity index (χ0n) is 11.0. The van der Waals surface area contributed by atoms with Crippen LogP contribution in [0.15, 0.2) is 12.1 Å². The van der Waals surface area contributed by atoms with Crippen LogP contribution in [0.25, 0.3) is 0 Å². The molecule has 0 bridgehead atoms. The maximum absolute atomic E-state index is 9.37. The molecule has 96 valence electrons. The Morgan fingerprint density at radius 1 is 1.35 bits per heavy atom. The number of methoxy groups -OCH3 is 1. The Bertz CT molecular complexity index is 375. The smallest absolute Gasteiger partial charge is 0.122 e. The molecular formula is C14H21ClO2. The van der Waals surface area contributed by atoms with Crippen molar-refractivity contribution in [2.24, 2.45) is 11.8 Å². The molecular weight excluding hydrogens is 236 g/mol. The van der Waals surface area contributed by atoms with Crippen molar-refractivity contribution < 1.29 is 9.84 Å². The highest BCUT2D eigenvalue weighted by Crippen LogP contribution is 2.29. The van der Waals surface area contributed by atoms with E-state index in [-0.39, 0.29) is 12.5 Å². The number of aliphatic hydroxyl groups excluding tert-OH is 1. The lowest BCUT2D eigenvalue weighted by Crippen LogP contribution is -2.16. The van der Waals surface area contributed by atoms with Gasteiger partial charge in [0.2, 0.25) is 0 Å². The van der Waals surface area contributed by atoms with Gasteiger partial charge in [-0.15, -0.1) is 0 Å². The first-order valence-corrected chi connectivity index (χ1v) is 6.31. The number of hydrogen-bond donors (Lipinski definition) is 1. The standard InChI is InChI=1S/C14H21ClO2/c1-9(2)12(8-16)6-11-7-13(15)10(3)5-14(11)17-4/h5,7,9,12,16H,6,8H2,1-4H3. The molecule has 0 saturated carbocycles. The van der Waals surface area contributed by atoms with Crippen LogP contribution in [-0.2, 0) is 6.42 Å². The summed E-state index contributed by atoms with van der Waals surface area (Å²) in [5.41, 5.74) is 2.08. The summed E-state index contributed by atoms with van der Waals surface area (Å²) in [6.45, 7) is 6.37. The maximum Gasteiger partial charge on any atom is 0.122 e. The summed E-state index contributed by atoms with van der Waals surface area (Å²) in [4.78, 5) is 0. The maximum atomic E-state index is 9.37. The third-order valence-corrected chi connectivity index (χ3v) is 3.63. The summed E-state index contributed by atoms with van der Waals surface area (Å²) in [7, 11) is 1.66. The Morgan fingerprint density at radius 2 is 2.00 bits per heavy atom. The Kier molecular flexibility index (Phi) is 5.29. The van der Waals surface area contributed by atoms with E-state index in [1.54, 1.807) is 7.11 Å². The zero-order chi connectivity index (χ0) is 13.0. The minimum Gasteiger partial charge on any atom is -0.496 e. The van der Waals surface area contributed by atoms with Gasteiger partial charge in [-0.25, -0.2) is 0 Å². The quantitative estimate of drug-likeness (QED) is 0.874. The van der Waals surface area contributed by atoms with Crippen molar-refractivity contribution in [3.05, 3.63) is 28.3 Å². The van der Waals surface area contributed by atoms with Gasteiger partial charge < -0.3 is 9.84 Å². The molecule has 3 heteroatoms. The second-order valence-corrected chi connectivity index (χ2v) is 5.21. The van der Waals surface area contributed by atoms with Crippen molar-refractivity contribution >= 4 is 11.6 Å². The molecule has 1 rings (SSSR count). The summed E-state index contributed by atoms with van der Waals surface area (Å²) < 4.78 is 5.37.